The largest absolute Gasteiger partial charge is 0.306 e. The lowest BCUT2D eigenvalue weighted by Gasteiger charge is -2.29. The molecule has 0 atom stereocenters. The third-order valence-corrected chi connectivity index (χ3v) is 4.41. The highest BCUT2D eigenvalue weighted by atomic mass is 35.5. The average molecular weight is 325 g/mol. The predicted octanol–water partition coefficient (Wildman–Crippen LogP) is 4.14. The number of hydrogen-bond acceptors (Lipinski definition) is 3. The molecule has 0 bridgehead atoms. The van der Waals surface area contributed by atoms with Gasteiger partial charge in [-0.05, 0) is 24.3 Å². The van der Waals surface area contributed by atoms with Crippen LogP contribution in [0.25, 0.3) is 0 Å². The van der Waals surface area contributed by atoms with E-state index in [0.29, 0.717) is 12.1 Å². The Balaban J connectivity index is 1.99. The fraction of sp³-hybridized carbons (Fsp3) is 0.143. The minimum absolute atomic E-state index is 0.107. The van der Waals surface area contributed by atoms with E-state index in [1.807, 2.05) is 24.3 Å². The molecule has 2 aromatic rings. The number of carbonyl (C=O) groups is 1. The van der Waals surface area contributed by atoms with Crippen molar-refractivity contribution in [3.05, 3.63) is 52.3 Å². The number of nitrogens with zero attached hydrogens (tertiary/aromatic N) is 2. The van der Waals surface area contributed by atoms with E-state index in [1.165, 1.54) is 0 Å². The van der Waals surface area contributed by atoms with Gasteiger partial charge in [-0.15, -0.1) is 11.8 Å². The zero-order valence-electron chi connectivity index (χ0n) is 10.3. The molecule has 102 valence electrons. The second kappa shape index (κ2) is 5.64. The molecule has 1 aromatic heterocycles. The van der Waals surface area contributed by atoms with Crippen molar-refractivity contribution in [3.63, 3.8) is 0 Å². The number of hydrogen-bond donors (Lipinski definition) is 0. The van der Waals surface area contributed by atoms with Crippen LogP contribution in [0.3, 0.4) is 0 Å². The van der Waals surface area contributed by atoms with E-state index in [1.54, 1.807) is 28.8 Å². The molecular weight excluding hydrogens is 315 g/mol. The van der Waals surface area contributed by atoms with E-state index >= 15 is 0 Å². The summed E-state index contributed by atoms with van der Waals surface area (Å²) >= 11 is 13.5. The van der Waals surface area contributed by atoms with Crippen LogP contribution >= 0.6 is 35.0 Å². The van der Waals surface area contributed by atoms with Gasteiger partial charge >= 0.3 is 0 Å². The van der Waals surface area contributed by atoms with Crippen molar-refractivity contribution >= 4 is 46.6 Å². The minimum Gasteiger partial charge on any atom is -0.306 e. The summed E-state index contributed by atoms with van der Waals surface area (Å²) in [7, 11) is 0. The van der Waals surface area contributed by atoms with Crippen molar-refractivity contribution in [2.45, 2.75) is 4.90 Å². The number of amides is 1. The Morgan fingerprint density at radius 2 is 1.90 bits per heavy atom. The van der Waals surface area contributed by atoms with Crippen molar-refractivity contribution in [1.29, 1.82) is 0 Å². The van der Waals surface area contributed by atoms with Gasteiger partial charge in [-0.25, -0.2) is 4.98 Å². The first-order chi connectivity index (χ1) is 9.65. The van der Waals surface area contributed by atoms with Crippen molar-refractivity contribution in [1.82, 2.24) is 4.98 Å². The molecule has 6 heteroatoms. The van der Waals surface area contributed by atoms with Gasteiger partial charge in [0.25, 0.3) is 5.91 Å². The number of rotatable bonds is 1. The van der Waals surface area contributed by atoms with Crippen LogP contribution in [0.5, 0.6) is 0 Å². The predicted molar refractivity (Wildman–Crippen MR) is 83.1 cm³/mol. The second-order valence-corrected chi connectivity index (χ2v) is 6.19. The highest BCUT2D eigenvalue weighted by Crippen LogP contribution is 2.35. The van der Waals surface area contributed by atoms with Crippen LogP contribution in [-0.4, -0.2) is 23.2 Å². The first-order valence-corrected chi connectivity index (χ1v) is 7.76. The van der Waals surface area contributed by atoms with E-state index in [2.05, 4.69) is 4.98 Å². The first-order valence-electron chi connectivity index (χ1n) is 6.02. The number of aromatic nitrogens is 1. The Kier molecular flexibility index (Phi) is 3.87. The van der Waals surface area contributed by atoms with Crippen LogP contribution in [0.4, 0.5) is 5.69 Å². The van der Waals surface area contributed by atoms with E-state index in [0.717, 1.165) is 16.3 Å². The normalized spacial score (nSPS) is 14.0. The lowest BCUT2D eigenvalue weighted by atomic mass is 10.2. The molecule has 20 heavy (non-hydrogen) atoms. The number of anilines is 1. The zero-order valence-corrected chi connectivity index (χ0v) is 12.7. The lowest BCUT2D eigenvalue weighted by Crippen LogP contribution is -2.35. The highest BCUT2D eigenvalue weighted by molar-refractivity contribution is 7.99. The van der Waals surface area contributed by atoms with Gasteiger partial charge in [-0.1, -0.05) is 35.3 Å². The molecule has 3 nitrogen and oxygen atoms in total. The maximum Gasteiger partial charge on any atom is 0.258 e. The quantitative estimate of drug-likeness (QED) is 0.739. The smallest absolute Gasteiger partial charge is 0.258 e. The summed E-state index contributed by atoms with van der Waals surface area (Å²) in [6.07, 6.45) is 0. The van der Waals surface area contributed by atoms with Gasteiger partial charge in [-0.3, -0.25) is 4.79 Å². The lowest BCUT2D eigenvalue weighted by molar-refractivity contribution is 0.0987. The summed E-state index contributed by atoms with van der Waals surface area (Å²) in [6.45, 7) is 0.665. The van der Waals surface area contributed by atoms with E-state index in [-0.39, 0.29) is 16.2 Å². The average Bonchev–Trinajstić information content (AvgIpc) is 2.45. The van der Waals surface area contributed by atoms with Gasteiger partial charge in [0.2, 0.25) is 0 Å². The molecule has 2 heterocycles. The van der Waals surface area contributed by atoms with Crippen molar-refractivity contribution < 1.29 is 4.79 Å². The standard InChI is InChI=1S/C14H10Cl2N2OS/c15-12-7-9(8-13(16)17-12)14(19)18-5-6-20-11-4-2-1-3-10(11)18/h1-4,7-8H,5-6H2. The maximum atomic E-state index is 12.6. The summed E-state index contributed by atoms with van der Waals surface area (Å²) in [5, 5.41) is 0.445. The van der Waals surface area contributed by atoms with Crippen molar-refractivity contribution in [2.24, 2.45) is 0 Å². The van der Waals surface area contributed by atoms with Crippen molar-refractivity contribution in [3.8, 4) is 0 Å². The Morgan fingerprint density at radius 3 is 2.65 bits per heavy atom. The number of para-hydroxylation sites is 1. The van der Waals surface area contributed by atoms with Gasteiger partial charge in [0, 0.05) is 22.8 Å². The number of carbonyl (C=O) groups excluding carboxylic acids is 1. The summed E-state index contributed by atoms with van der Waals surface area (Å²) in [6, 6.07) is 11.0. The Hall–Kier alpha value is -1.23. The summed E-state index contributed by atoms with van der Waals surface area (Å²) in [5.41, 5.74) is 1.38. The monoisotopic (exact) mass is 324 g/mol. The molecule has 3 rings (SSSR count). The molecule has 0 aliphatic carbocycles. The van der Waals surface area contributed by atoms with Crippen LogP contribution in [-0.2, 0) is 0 Å². The fourth-order valence-corrected chi connectivity index (χ4v) is 3.58. The van der Waals surface area contributed by atoms with Gasteiger partial charge in [0.1, 0.15) is 10.3 Å². The molecule has 0 N–H and O–H groups in total. The van der Waals surface area contributed by atoms with Gasteiger partial charge in [0.15, 0.2) is 0 Å². The van der Waals surface area contributed by atoms with E-state index in [4.69, 9.17) is 23.2 Å². The minimum atomic E-state index is -0.107. The molecule has 0 unspecified atom stereocenters. The molecule has 0 fully saturated rings. The zero-order chi connectivity index (χ0) is 14.1. The van der Waals surface area contributed by atoms with Gasteiger partial charge < -0.3 is 4.90 Å². The number of thioether (sulfide) groups is 1. The molecule has 1 aliphatic rings. The molecule has 1 amide bonds. The Morgan fingerprint density at radius 1 is 1.20 bits per heavy atom. The number of pyridine rings is 1. The number of fused-ring (bicyclic) bond motifs is 1. The van der Waals surface area contributed by atoms with Crippen LogP contribution in [0, 0.1) is 0 Å². The van der Waals surface area contributed by atoms with Gasteiger partial charge in [0.05, 0.1) is 5.69 Å². The molecule has 0 saturated heterocycles. The number of halogens is 2. The Bertz CT molecular complexity index is 658. The molecule has 0 spiro atoms. The molecule has 0 radical (unpaired) electrons. The second-order valence-electron chi connectivity index (χ2n) is 4.27. The molecular formula is C14H10Cl2N2OS. The Labute approximate surface area is 130 Å². The molecule has 1 aromatic carbocycles. The highest BCUT2D eigenvalue weighted by Gasteiger charge is 2.24. The number of benzene rings is 1. The van der Waals surface area contributed by atoms with Gasteiger partial charge in [-0.2, -0.15) is 0 Å². The van der Waals surface area contributed by atoms with Crippen LogP contribution in [0.2, 0.25) is 10.3 Å². The summed E-state index contributed by atoms with van der Waals surface area (Å²) in [5.74, 6) is 0.763. The van der Waals surface area contributed by atoms with E-state index in [9.17, 15) is 4.79 Å². The maximum absolute atomic E-state index is 12.6. The van der Waals surface area contributed by atoms with Crippen LogP contribution < -0.4 is 4.90 Å². The summed E-state index contributed by atoms with van der Waals surface area (Å²) in [4.78, 5) is 19.4. The third-order valence-electron chi connectivity index (χ3n) is 2.98. The molecule has 1 aliphatic heterocycles. The fourth-order valence-electron chi connectivity index (χ4n) is 2.12. The summed E-state index contributed by atoms with van der Waals surface area (Å²) < 4.78 is 0. The SMILES string of the molecule is O=C(c1cc(Cl)nc(Cl)c1)N1CCSc2ccccc21. The topological polar surface area (TPSA) is 33.2 Å². The van der Waals surface area contributed by atoms with E-state index < -0.39 is 0 Å². The first kappa shape index (κ1) is 13.7. The molecule has 0 saturated carbocycles. The van der Waals surface area contributed by atoms with Crippen LogP contribution in [0.15, 0.2) is 41.3 Å². The van der Waals surface area contributed by atoms with Crippen LogP contribution in [0.1, 0.15) is 10.4 Å². The van der Waals surface area contributed by atoms with Crippen molar-refractivity contribution in [2.75, 3.05) is 17.2 Å². The third kappa shape index (κ3) is 2.64.